The van der Waals surface area contributed by atoms with Crippen LogP contribution in [-0.4, -0.2) is 154 Å². The number of hydrogen-bond acceptors (Lipinski definition) is 19. The minimum atomic E-state index is -0.711. The monoisotopic (exact) mass is 1490 g/mol. The van der Waals surface area contributed by atoms with Crippen LogP contribution in [0.2, 0.25) is 5.02 Å². The molecule has 1 saturated heterocycles. The summed E-state index contributed by atoms with van der Waals surface area (Å²) in [5, 5.41) is 32.9. The fourth-order valence-electron chi connectivity index (χ4n) is 17.6. The average Bonchev–Trinajstić information content (AvgIpc) is 1.58. The Morgan fingerprint density at radius 3 is 1.59 bits per heavy atom. The molecule has 9 heterocycles. The Balaban J connectivity index is 0.000000136. The molecule has 10 aromatic rings. The van der Waals surface area contributed by atoms with E-state index in [2.05, 4.69) is 98.8 Å². The van der Waals surface area contributed by atoms with Crippen molar-refractivity contribution in [2.45, 2.75) is 199 Å². The van der Waals surface area contributed by atoms with Crippen molar-refractivity contribution >= 4 is 97.7 Å². The number of aliphatic carboxylic acids is 1. The molecule has 27 nitrogen and oxygen atoms in total. The van der Waals surface area contributed by atoms with E-state index in [9.17, 15) is 29.1 Å². The first kappa shape index (κ1) is 74.4. The van der Waals surface area contributed by atoms with Crippen molar-refractivity contribution < 1.29 is 52.4 Å². The van der Waals surface area contributed by atoms with Gasteiger partial charge in [0.05, 0.1) is 90.6 Å². The van der Waals surface area contributed by atoms with Gasteiger partial charge in [-0.15, -0.1) is 15.3 Å². The second kappa shape index (κ2) is 32.2. The van der Waals surface area contributed by atoms with Gasteiger partial charge >= 0.3 is 24.2 Å². The Morgan fingerprint density at radius 2 is 1.09 bits per heavy atom. The molecule has 3 amide bonds. The highest BCUT2D eigenvalue weighted by molar-refractivity contribution is 6.30. The third-order valence-corrected chi connectivity index (χ3v) is 23.2. The Morgan fingerprint density at radius 1 is 0.565 bits per heavy atom. The van der Waals surface area contributed by atoms with Crippen LogP contribution in [0.4, 0.5) is 37.4 Å². The maximum Gasteiger partial charge on any atom is 0.414 e. The number of nitrogens with zero attached hydrogens (tertiary/aromatic N) is 15. The molecule has 3 fully saturated rings. The number of carbonyl (C=O) groups is 5. The van der Waals surface area contributed by atoms with Gasteiger partial charge in [-0.05, 0) is 195 Å². The molecule has 2 N–H and O–H groups in total. The Kier molecular flexibility index (Phi) is 22.2. The van der Waals surface area contributed by atoms with E-state index in [4.69, 9.17) is 49.9 Å². The smallest absolute Gasteiger partial charge is 0.414 e. The summed E-state index contributed by atoms with van der Waals surface area (Å²) in [5.41, 5.74) is 14.1. The van der Waals surface area contributed by atoms with E-state index in [1.54, 1.807) is 41.7 Å². The Hall–Kier alpha value is -10.4. The largest absolute Gasteiger partial charge is 0.497 e. The van der Waals surface area contributed by atoms with Gasteiger partial charge in [0.15, 0.2) is 0 Å². The van der Waals surface area contributed by atoms with Crippen LogP contribution in [-0.2, 0) is 68.7 Å². The van der Waals surface area contributed by atoms with Crippen molar-refractivity contribution in [1.82, 2.24) is 59.5 Å². The number of anilines is 4. The molecule has 16 rings (SSSR count). The molecule has 5 aromatic heterocycles. The van der Waals surface area contributed by atoms with Crippen molar-refractivity contribution in [3.05, 3.63) is 147 Å². The highest BCUT2D eigenvalue weighted by atomic mass is 35.5. The lowest BCUT2D eigenvalue weighted by molar-refractivity contribution is -0.143. The Labute approximate surface area is 631 Å². The van der Waals surface area contributed by atoms with E-state index >= 15 is 0 Å². The van der Waals surface area contributed by atoms with Crippen molar-refractivity contribution in [3.8, 4) is 5.75 Å². The summed E-state index contributed by atoms with van der Waals surface area (Å²) in [6, 6.07) is 29.3. The third kappa shape index (κ3) is 15.0. The van der Waals surface area contributed by atoms with E-state index in [1.807, 2.05) is 50.2 Å². The number of Topliss-reactive ketones (excluding diaryl/α,β-unsaturated/α-hetero) is 1. The number of ether oxygens (including phenoxy) is 4. The van der Waals surface area contributed by atoms with Crippen LogP contribution >= 0.6 is 11.6 Å². The normalized spacial score (nSPS) is 21.2. The zero-order chi connectivity index (χ0) is 75.6. The number of halogens is 1. The van der Waals surface area contributed by atoms with E-state index in [0.29, 0.717) is 60.6 Å². The van der Waals surface area contributed by atoms with Crippen LogP contribution in [0.5, 0.6) is 5.75 Å². The first-order valence-electron chi connectivity index (χ1n) is 37.9. The van der Waals surface area contributed by atoms with Crippen LogP contribution in [0.3, 0.4) is 0 Å². The van der Waals surface area contributed by atoms with E-state index < -0.39 is 5.97 Å². The standard InChI is InChI=1S/C29H34ClN3O4.C26H30N8O2.C25H31N5O5/c1-17-8-9-24-25(32(17)29(35)37-4)10-11-26-28(24)31-27(14-19-12-21(30)16-23(13-19)36-3)33(26)22-7-5-6-20(15-22)18(2)34;1-17-10-11-20-21(33(17)26(35)36-2)12-13-22-24(20)27-23(15-18-7-4-3-5-8-18)34(22)19-9-6-14-32(16-19)25-28-30-31-29-25;1-14-4-9-18-19(29(14)25(33)34-3)10-11-20-23(18)26-21(12-13-22-28-27-15(2)35-22)30(20)17-7-5-16(6-8-17)24(31)32/h10-13,16-17,20,22H,5-9,14-15H2,1-4H3;3-5,7-8,12-13,17,19H,6,9-11,14-16H2,1-2H3,(H,28,29,30,31);10-11,14,16-17H,4-9,12-13H2,1-3H3,(H,31,32)/t17-,20+,22+;17-,19+;14-,16?,17?/m000/s1. The number of benzene rings is 5. The van der Waals surface area contributed by atoms with Gasteiger partial charge < -0.3 is 47.1 Å². The number of aryl methyl sites for hydroxylation is 6. The zero-order valence-electron chi connectivity index (χ0n) is 62.9. The van der Waals surface area contributed by atoms with Crippen LogP contribution in [0.15, 0.2) is 89.3 Å². The summed E-state index contributed by atoms with van der Waals surface area (Å²) in [5.74, 6) is 4.68. The van der Waals surface area contributed by atoms with Gasteiger partial charge in [0.2, 0.25) is 11.8 Å². The Bertz CT molecular complexity index is 4950. The molecule has 568 valence electrons. The topological polar surface area (TPSA) is 302 Å². The van der Waals surface area contributed by atoms with E-state index in [-0.39, 0.29) is 72.1 Å². The number of aromatic nitrogens is 12. The number of rotatable bonds is 14. The fraction of sp³-hybridized carbons (Fsp3) is 0.487. The number of aromatic amines is 1. The third-order valence-electron chi connectivity index (χ3n) is 22.9. The van der Waals surface area contributed by atoms with Gasteiger partial charge in [-0.1, -0.05) is 53.5 Å². The molecule has 6 aliphatic rings. The zero-order valence-corrected chi connectivity index (χ0v) is 63.6. The van der Waals surface area contributed by atoms with Gasteiger partial charge in [-0.2, -0.15) is 5.21 Å². The quantitative estimate of drug-likeness (QED) is 0.0956. The number of imidazole rings is 3. The molecule has 0 unspecified atom stereocenters. The predicted molar refractivity (Wildman–Crippen MR) is 409 cm³/mol. The summed E-state index contributed by atoms with van der Waals surface area (Å²) in [6.07, 6.45) is 15.3. The lowest BCUT2D eigenvalue weighted by atomic mass is 9.83. The molecule has 2 saturated carbocycles. The van der Waals surface area contributed by atoms with Crippen molar-refractivity contribution in [2.24, 2.45) is 11.8 Å². The second-order valence-electron chi connectivity index (χ2n) is 29.6. The summed E-state index contributed by atoms with van der Waals surface area (Å²) < 4.78 is 33.4. The molecule has 5 aromatic carbocycles. The molecule has 0 radical (unpaired) electrons. The maximum absolute atomic E-state index is 12.7. The molecular weight excluding hydrogens is 1400 g/mol. The SMILES string of the molecule is COC(=O)N1c2ccc3c(nc(CCc4nnc(C)o4)n3C3CCC(C(=O)O)CC3)c2CC[C@@H]1C.COC(=O)N1c2ccc3c(nc(Cc4cc(Cl)cc(OC)c4)n3[C@@H]3CCC[C@@H](C(C)=O)C3)c2CC[C@@H]1C.COC(=O)N1c2ccc3c(nc(Cc4ccccc4)n3[C@@H]3CCCN(c4nn[nH]n4)C3)c2CC[C@@H]1C. The number of fused-ring (bicyclic) bond motifs is 9. The van der Waals surface area contributed by atoms with Crippen molar-refractivity contribution in [1.29, 1.82) is 0 Å². The van der Waals surface area contributed by atoms with E-state index in [0.717, 1.165) is 199 Å². The first-order valence-corrected chi connectivity index (χ1v) is 38.3. The van der Waals surface area contributed by atoms with Crippen LogP contribution in [0.1, 0.15) is 186 Å². The van der Waals surface area contributed by atoms with Crippen LogP contribution < -0.4 is 24.3 Å². The van der Waals surface area contributed by atoms with Gasteiger partial charge in [0, 0.05) is 104 Å². The van der Waals surface area contributed by atoms with Crippen LogP contribution in [0.25, 0.3) is 33.1 Å². The van der Waals surface area contributed by atoms with Gasteiger partial charge in [-0.3, -0.25) is 24.3 Å². The lowest BCUT2D eigenvalue weighted by Gasteiger charge is -2.35. The molecule has 6 atom stereocenters. The fourth-order valence-corrected chi connectivity index (χ4v) is 17.8. The number of carbonyl (C=O) groups excluding carboxylic acids is 4. The van der Waals surface area contributed by atoms with Crippen molar-refractivity contribution in [2.75, 3.05) is 61.1 Å². The molecule has 28 heteroatoms. The molecular formula is C80H95ClN16O11. The number of tetrazole rings is 1. The summed E-state index contributed by atoms with van der Waals surface area (Å²) in [6.45, 7) is 11.3. The second-order valence-corrected chi connectivity index (χ2v) is 30.1. The lowest BCUT2D eigenvalue weighted by Crippen LogP contribution is -2.42. The van der Waals surface area contributed by atoms with Gasteiger partial charge in [0.1, 0.15) is 29.0 Å². The molecule has 4 aliphatic heterocycles. The minimum Gasteiger partial charge on any atom is -0.497 e. The van der Waals surface area contributed by atoms with Crippen molar-refractivity contribution in [3.63, 3.8) is 0 Å². The summed E-state index contributed by atoms with van der Waals surface area (Å²) >= 11 is 6.39. The molecule has 108 heavy (non-hydrogen) atoms. The maximum atomic E-state index is 12.7. The van der Waals surface area contributed by atoms with Crippen LogP contribution in [0, 0.1) is 18.8 Å². The molecule has 0 bridgehead atoms. The number of carboxylic acids is 1. The van der Waals surface area contributed by atoms with Gasteiger partial charge in [0.25, 0.3) is 5.95 Å². The number of hydrogen-bond donors (Lipinski definition) is 2. The highest BCUT2D eigenvalue weighted by Gasteiger charge is 2.39. The van der Waals surface area contributed by atoms with Gasteiger partial charge in [-0.25, -0.2) is 29.3 Å². The number of methoxy groups -OCH3 is 4. The number of piperidine rings is 1. The highest BCUT2D eigenvalue weighted by Crippen LogP contribution is 2.45. The number of nitrogens with one attached hydrogen (secondary N) is 1. The molecule has 0 spiro atoms. The first-order chi connectivity index (χ1) is 52.3. The predicted octanol–water partition coefficient (Wildman–Crippen LogP) is 14.6. The minimum absolute atomic E-state index is 0.0426. The average molecular weight is 1490 g/mol. The van der Waals surface area contributed by atoms with E-state index in [1.165, 1.54) is 26.9 Å². The summed E-state index contributed by atoms with van der Waals surface area (Å²) in [7, 11) is 5.89. The number of ketones is 1. The number of amides is 3. The summed E-state index contributed by atoms with van der Waals surface area (Å²) in [4.78, 5) is 84.6. The molecule has 2 aliphatic carbocycles. The number of H-pyrrole nitrogens is 1. The number of carboxylic acid groups (broad SMARTS) is 1.